The molecule has 1 aliphatic rings. The van der Waals surface area contributed by atoms with E-state index >= 15 is 0 Å². The fourth-order valence-electron chi connectivity index (χ4n) is 3.73. The number of halogens is 1. The van der Waals surface area contributed by atoms with Gasteiger partial charge in [0.05, 0.1) is 12.6 Å². The first-order chi connectivity index (χ1) is 13.3. The lowest BCUT2D eigenvalue weighted by Gasteiger charge is -2.27. The Labute approximate surface area is 164 Å². The Morgan fingerprint density at radius 2 is 2.21 bits per heavy atom. The summed E-state index contributed by atoms with van der Waals surface area (Å²) in [6.07, 6.45) is 2.85. The number of likely N-dealkylation sites (N-methyl/N-ethyl adjacent to an activating group) is 1. The van der Waals surface area contributed by atoms with Gasteiger partial charge < -0.3 is 9.63 Å². The van der Waals surface area contributed by atoms with E-state index in [1.54, 1.807) is 19.1 Å². The van der Waals surface area contributed by atoms with Crippen LogP contribution in [0.3, 0.4) is 0 Å². The molecule has 8 heteroatoms. The Kier molecular flexibility index (Phi) is 6.41. The zero-order chi connectivity index (χ0) is 20.3. The summed E-state index contributed by atoms with van der Waals surface area (Å²) in [6, 6.07) is 4.99. The van der Waals surface area contributed by atoms with Crippen LogP contribution in [0.2, 0.25) is 0 Å². The molecule has 28 heavy (non-hydrogen) atoms. The molecule has 1 saturated heterocycles. The van der Waals surface area contributed by atoms with Crippen LogP contribution in [0, 0.1) is 12.7 Å². The summed E-state index contributed by atoms with van der Waals surface area (Å²) in [5, 5.41) is 13.1. The second-order valence-corrected chi connectivity index (χ2v) is 7.53. The molecule has 0 bridgehead atoms. The van der Waals surface area contributed by atoms with E-state index in [9.17, 15) is 9.18 Å². The molecule has 1 fully saturated rings. The van der Waals surface area contributed by atoms with Gasteiger partial charge in [-0.05, 0) is 70.5 Å². The molecule has 0 radical (unpaired) electrons. The zero-order valence-electron chi connectivity index (χ0n) is 16.6. The number of aryl methyl sites for hydroxylation is 1. The highest BCUT2D eigenvalue weighted by atomic mass is 19.1. The second-order valence-electron chi connectivity index (χ2n) is 7.53. The summed E-state index contributed by atoms with van der Waals surface area (Å²) in [4.78, 5) is 19.7. The number of likely N-dealkylation sites (tertiary alicyclic amines) is 1. The van der Waals surface area contributed by atoms with Gasteiger partial charge in [-0.3, -0.25) is 14.6 Å². The maximum atomic E-state index is 13.5. The van der Waals surface area contributed by atoms with Crippen molar-refractivity contribution >= 4 is 5.97 Å². The van der Waals surface area contributed by atoms with Gasteiger partial charge in [-0.2, -0.15) is 4.98 Å². The van der Waals surface area contributed by atoms with Crippen molar-refractivity contribution in [2.24, 2.45) is 0 Å². The summed E-state index contributed by atoms with van der Waals surface area (Å²) in [5.41, 5.74) is 1.27. The van der Waals surface area contributed by atoms with Gasteiger partial charge in [0.15, 0.2) is 0 Å². The molecule has 7 nitrogen and oxygen atoms in total. The maximum Gasteiger partial charge on any atom is 0.317 e. The first-order valence-corrected chi connectivity index (χ1v) is 9.61. The van der Waals surface area contributed by atoms with Crippen LogP contribution >= 0.6 is 0 Å². The van der Waals surface area contributed by atoms with E-state index in [1.165, 1.54) is 6.07 Å². The van der Waals surface area contributed by atoms with Crippen LogP contribution in [0.5, 0.6) is 0 Å². The lowest BCUT2D eigenvalue weighted by Crippen LogP contribution is -2.36. The number of carboxylic acid groups (broad SMARTS) is 1. The number of hydrogen-bond acceptors (Lipinski definition) is 6. The van der Waals surface area contributed by atoms with E-state index in [4.69, 9.17) is 9.63 Å². The third-order valence-electron chi connectivity index (χ3n) is 5.50. The molecule has 152 valence electrons. The Morgan fingerprint density at radius 1 is 1.43 bits per heavy atom. The molecule has 2 unspecified atom stereocenters. The van der Waals surface area contributed by atoms with E-state index in [2.05, 4.69) is 15.0 Å². The summed E-state index contributed by atoms with van der Waals surface area (Å²) in [5.74, 6) is -0.0626. The molecular weight excluding hydrogens is 363 g/mol. The molecular formula is C20H27FN4O3. The summed E-state index contributed by atoms with van der Waals surface area (Å²) < 4.78 is 19.0. The van der Waals surface area contributed by atoms with Crippen LogP contribution in [-0.2, 0) is 4.79 Å². The van der Waals surface area contributed by atoms with Crippen molar-refractivity contribution in [2.75, 3.05) is 26.7 Å². The summed E-state index contributed by atoms with van der Waals surface area (Å²) >= 11 is 0. The van der Waals surface area contributed by atoms with Crippen molar-refractivity contribution in [2.45, 2.75) is 45.2 Å². The van der Waals surface area contributed by atoms with Gasteiger partial charge in [0, 0.05) is 18.2 Å². The number of benzene rings is 1. The number of rotatable bonds is 6. The third-order valence-corrected chi connectivity index (χ3v) is 5.50. The van der Waals surface area contributed by atoms with Crippen molar-refractivity contribution in [1.29, 1.82) is 0 Å². The van der Waals surface area contributed by atoms with Crippen LogP contribution in [-0.4, -0.2) is 63.7 Å². The number of carboxylic acids is 1. The molecule has 0 aliphatic carbocycles. The van der Waals surface area contributed by atoms with Crippen molar-refractivity contribution in [3.05, 3.63) is 35.5 Å². The van der Waals surface area contributed by atoms with Crippen LogP contribution in [0.25, 0.3) is 11.4 Å². The van der Waals surface area contributed by atoms with Gasteiger partial charge in [0.2, 0.25) is 11.7 Å². The molecule has 3 rings (SSSR count). The average Bonchev–Trinajstić information content (AvgIpc) is 3.00. The quantitative estimate of drug-likeness (QED) is 0.811. The molecule has 1 N–H and O–H groups in total. The molecule has 2 atom stereocenters. The van der Waals surface area contributed by atoms with Crippen LogP contribution in [0.4, 0.5) is 4.39 Å². The molecule has 0 amide bonds. The Bertz CT molecular complexity index is 826. The van der Waals surface area contributed by atoms with E-state index < -0.39 is 5.97 Å². The van der Waals surface area contributed by atoms with Crippen molar-refractivity contribution in [3.8, 4) is 11.4 Å². The highest BCUT2D eigenvalue weighted by Crippen LogP contribution is 2.26. The largest absolute Gasteiger partial charge is 0.480 e. The van der Waals surface area contributed by atoms with Gasteiger partial charge in [0.25, 0.3) is 0 Å². The maximum absolute atomic E-state index is 13.5. The average molecular weight is 390 g/mol. The second kappa shape index (κ2) is 8.79. The summed E-state index contributed by atoms with van der Waals surface area (Å²) in [6.45, 7) is 5.53. The number of hydrogen-bond donors (Lipinski definition) is 1. The van der Waals surface area contributed by atoms with Crippen LogP contribution in [0.15, 0.2) is 22.7 Å². The van der Waals surface area contributed by atoms with E-state index in [0.717, 1.165) is 37.9 Å². The van der Waals surface area contributed by atoms with Gasteiger partial charge in [-0.15, -0.1) is 0 Å². The minimum absolute atomic E-state index is 0.0358. The number of aromatic nitrogens is 2. The van der Waals surface area contributed by atoms with Gasteiger partial charge >= 0.3 is 5.97 Å². The first kappa shape index (κ1) is 20.4. The predicted molar refractivity (Wildman–Crippen MR) is 102 cm³/mol. The molecule has 1 aromatic heterocycles. The Morgan fingerprint density at radius 3 is 2.93 bits per heavy atom. The first-order valence-electron chi connectivity index (χ1n) is 9.61. The fraction of sp³-hybridized carbons (Fsp3) is 0.550. The highest BCUT2D eigenvalue weighted by Gasteiger charge is 2.27. The van der Waals surface area contributed by atoms with Gasteiger partial charge in [-0.25, -0.2) is 4.39 Å². The van der Waals surface area contributed by atoms with Crippen LogP contribution < -0.4 is 0 Å². The molecule has 0 saturated carbocycles. The SMILES string of the molecule is Cc1cc(-c2noc(C(C)N3CCCC(N(C)CC(=O)O)CC3)n2)ccc1F. The normalized spacial score (nSPS) is 19.5. The minimum Gasteiger partial charge on any atom is -0.480 e. The fourth-order valence-corrected chi connectivity index (χ4v) is 3.73. The summed E-state index contributed by atoms with van der Waals surface area (Å²) in [7, 11) is 1.87. The van der Waals surface area contributed by atoms with Gasteiger partial charge in [-0.1, -0.05) is 5.16 Å². The lowest BCUT2D eigenvalue weighted by atomic mass is 10.1. The standard InChI is InChI=1S/C20H27FN4O3/c1-13-11-15(6-7-17(13)21)19-22-20(28-23-19)14(2)25-9-4-5-16(8-10-25)24(3)12-18(26)27/h6-7,11,14,16H,4-5,8-10,12H2,1-3H3,(H,26,27). The van der Waals surface area contributed by atoms with Gasteiger partial charge in [0.1, 0.15) is 5.82 Å². The van der Waals surface area contributed by atoms with Crippen molar-refractivity contribution in [1.82, 2.24) is 19.9 Å². The number of nitrogens with zero attached hydrogens (tertiary/aromatic N) is 4. The Hall–Kier alpha value is -2.32. The number of carbonyl (C=O) groups is 1. The number of aliphatic carboxylic acids is 1. The predicted octanol–water partition coefficient (Wildman–Crippen LogP) is 3.12. The lowest BCUT2D eigenvalue weighted by molar-refractivity contribution is -0.138. The highest BCUT2D eigenvalue weighted by molar-refractivity contribution is 5.69. The Balaban J connectivity index is 1.66. The molecule has 2 heterocycles. The zero-order valence-corrected chi connectivity index (χ0v) is 16.6. The monoisotopic (exact) mass is 390 g/mol. The third kappa shape index (κ3) is 4.74. The van der Waals surface area contributed by atoms with E-state index in [1.807, 2.05) is 18.9 Å². The molecule has 1 aliphatic heterocycles. The molecule has 0 spiro atoms. The minimum atomic E-state index is -0.800. The smallest absolute Gasteiger partial charge is 0.317 e. The van der Waals surface area contributed by atoms with Crippen LogP contribution in [0.1, 0.15) is 43.7 Å². The molecule has 1 aromatic carbocycles. The van der Waals surface area contributed by atoms with E-state index in [-0.39, 0.29) is 24.4 Å². The topological polar surface area (TPSA) is 82.7 Å². The van der Waals surface area contributed by atoms with Crippen molar-refractivity contribution in [3.63, 3.8) is 0 Å². The molecule has 2 aromatic rings. The van der Waals surface area contributed by atoms with Crippen molar-refractivity contribution < 1.29 is 18.8 Å². The van der Waals surface area contributed by atoms with E-state index in [0.29, 0.717) is 17.3 Å².